The second kappa shape index (κ2) is 65.8. The molecule has 1 saturated carbocycles. The van der Waals surface area contributed by atoms with Crippen molar-refractivity contribution in [3.05, 3.63) is 0 Å². The van der Waals surface area contributed by atoms with Gasteiger partial charge in [-0.25, -0.2) is 0 Å². The summed E-state index contributed by atoms with van der Waals surface area (Å²) in [5.74, 6) is 2.69. The normalized spacial score (nSPS) is 11.1. The first kappa shape index (κ1) is 87.1. The molecule has 0 aromatic rings. The molecule has 1 aliphatic carbocycles. The maximum Gasteiger partial charge on any atom is 0.522 e. The maximum absolute atomic E-state index is 11.1. The van der Waals surface area contributed by atoms with Crippen molar-refractivity contribution in [3.8, 4) is 6.07 Å². The van der Waals surface area contributed by atoms with Gasteiger partial charge in [-0.05, 0) is 155 Å². The van der Waals surface area contributed by atoms with Crippen LogP contribution >= 0.6 is 11.6 Å². The third kappa shape index (κ3) is 305. The van der Waals surface area contributed by atoms with Crippen LogP contribution in [0.1, 0.15) is 207 Å². The molecule has 0 bridgehead atoms. The summed E-state index contributed by atoms with van der Waals surface area (Å²) in [4.78, 5) is 0. The van der Waals surface area contributed by atoms with E-state index in [1.807, 2.05) is 89.2 Å². The van der Waals surface area contributed by atoms with Gasteiger partial charge in [-0.1, -0.05) is 69.7 Å². The molecule has 0 aliphatic heterocycles. The Morgan fingerprint density at radius 3 is 0.820 bits per heavy atom. The summed E-state index contributed by atoms with van der Waals surface area (Å²) in [5.41, 5.74) is 0. The van der Waals surface area contributed by atoms with E-state index in [2.05, 4.69) is 85.6 Å². The molecule has 1 fully saturated rings. The number of alkyl halides is 6. The Morgan fingerprint density at radius 1 is 0.557 bits per heavy atom. The molecule has 0 aromatic heterocycles. The van der Waals surface area contributed by atoms with Gasteiger partial charge >= 0.3 is 13.0 Å². The van der Waals surface area contributed by atoms with E-state index in [1.165, 1.54) is 26.7 Å². The fraction of sp³-hybridized carbons (Fsp3) is 0.979. The summed E-state index contributed by atoms with van der Waals surface area (Å²) in [5, 5.41) is 8.20. The van der Waals surface area contributed by atoms with Gasteiger partial charge in [-0.15, -0.1) is 24.8 Å². The molecule has 13 heteroatoms. The van der Waals surface area contributed by atoms with E-state index in [-0.39, 0.29) is 19.4 Å². The van der Waals surface area contributed by atoms with Crippen LogP contribution in [0.3, 0.4) is 0 Å². The fourth-order valence-electron chi connectivity index (χ4n) is 1.73. The number of ether oxygens (including phenoxy) is 6. The average molecular weight is 927 g/mol. The van der Waals surface area contributed by atoms with Crippen LogP contribution in [0.4, 0.5) is 22.0 Å². The molecule has 61 heavy (non-hydrogen) atoms. The van der Waals surface area contributed by atoms with E-state index < -0.39 is 19.1 Å². The molecule has 1 rings (SSSR count). The van der Waals surface area contributed by atoms with Gasteiger partial charge in [0, 0.05) is 31.6 Å². The van der Waals surface area contributed by atoms with Gasteiger partial charge in [0.2, 0.25) is 0 Å². The summed E-state index contributed by atoms with van der Waals surface area (Å²) in [6, 6.07) is 2.03. The zero-order valence-electron chi connectivity index (χ0n) is 44.5. The lowest BCUT2D eigenvalue weighted by atomic mass is 10.3. The molecule has 0 atom stereocenters. The van der Waals surface area contributed by atoms with Crippen molar-refractivity contribution in [1.82, 2.24) is 0 Å². The van der Waals surface area contributed by atoms with Crippen LogP contribution in [0.2, 0.25) is 0 Å². The summed E-state index contributed by atoms with van der Waals surface area (Å²) in [7, 11) is 1.70. The van der Waals surface area contributed by atoms with Crippen molar-refractivity contribution in [3.63, 3.8) is 0 Å². The zero-order chi connectivity index (χ0) is 50.8. The Labute approximate surface area is 384 Å². The van der Waals surface area contributed by atoms with Gasteiger partial charge in [0.15, 0.2) is 0 Å². The largest absolute Gasteiger partial charge is 0.522 e. The molecule has 0 N–H and O–H groups in total. The number of halogens is 6. The highest BCUT2D eigenvalue weighted by Gasteiger charge is 2.30. The Balaban J connectivity index is -0.0000000504. The molecular weight excluding hydrogens is 817 g/mol. The minimum absolute atomic E-state index is 0. The minimum atomic E-state index is -4.48. The monoisotopic (exact) mass is 926 g/mol. The number of hydrogen-bond acceptors (Lipinski definition) is 7. The predicted molar refractivity (Wildman–Crippen MR) is 259 cm³/mol. The molecule has 1 aliphatic rings. The quantitative estimate of drug-likeness (QED) is 0.159. The number of nitrogens with zero attached hydrogens (tertiary/aromatic N) is 1. The van der Waals surface area contributed by atoms with Crippen molar-refractivity contribution in [2.24, 2.45) is 23.7 Å². The van der Waals surface area contributed by atoms with Gasteiger partial charge in [0.05, 0.1) is 48.8 Å². The SMILES string of the molecule is C.CC(C)C.CC(C)C.CC(C)C.CC(C)C#N.CC(C)Cl.CC(C)OC(F)(F)F.CC(C)OC(F)F.CC(C)OC1CC1.CCOC(C)C.CCOC(C)C.COC(C)C. The van der Waals surface area contributed by atoms with Crippen molar-refractivity contribution < 1.29 is 50.4 Å². The molecule has 0 heterocycles. The summed E-state index contributed by atoms with van der Waals surface area (Å²) in [6.45, 7) is 52.2. The summed E-state index contributed by atoms with van der Waals surface area (Å²) in [6.07, 6.45) is -0.813. The third-order valence-corrected chi connectivity index (χ3v) is 3.46. The van der Waals surface area contributed by atoms with Crippen LogP contribution < -0.4 is 0 Å². The van der Waals surface area contributed by atoms with Crippen molar-refractivity contribution in [2.75, 3.05) is 20.3 Å². The Hall–Kier alpha value is -0.810. The number of methoxy groups -OCH3 is 1. The van der Waals surface area contributed by atoms with Crippen LogP contribution in [0.25, 0.3) is 0 Å². The van der Waals surface area contributed by atoms with Crippen molar-refractivity contribution in [1.29, 1.82) is 5.26 Å². The molecule has 0 saturated heterocycles. The van der Waals surface area contributed by atoms with Gasteiger partial charge in [-0.2, -0.15) is 14.0 Å². The number of hydrogen-bond donors (Lipinski definition) is 0. The molecule has 7 nitrogen and oxygen atoms in total. The minimum Gasteiger partial charge on any atom is -0.382 e. The molecule has 384 valence electrons. The average Bonchev–Trinajstić information content (AvgIpc) is 3.79. The predicted octanol–water partition coefficient (Wildman–Crippen LogP) is 17.5. The van der Waals surface area contributed by atoms with Crippen LogP contribution in [0.5, 0.6) is 0 Å². The van der Waals surface area contributed by atoms with Gasteiger partial charge < -0.3 is 23.7 Å². The second-order valence-electron chi connectivity index (χ2n) is 17.2. The second-order valence-corrected chi connectivity index (χ2v) is 18.1. The molecule has 0 unspecified atom stereocenters. The van der Waals surface area contributed by atoms with Gasteiger partial charge in [0.25, 0.3) is 0 Å². The zero-order valence-corrected chi connectivity index (χ0v) is 45.3. The highest BCUT2D eigenvalue weighted by Crippen LogP contribution is 2.24. The summed E-state index contributed by atoms with van der Waals surface area (Å²) >= 11 is 5.27. The van der Waals surface area contributed by atoms with Crippen LogP contribution in [-0.2, 0) is 28.4 Å². The van der Waals surface area contributed by atoms with E-state index in [9.17, 15) is 22.0 Å². The van der Waals surface area contributed by atoms with Gasteiger partial charge in [-0.3, -0.25) is 4.74 Å². The Kier molecular flexibility index (Phi) is 94.0. The first-order chi connectivity index (χ1) is 26.8. The van der Waals surface area contributed by atoms with Crippen LogP contribution in [0, 0.1) is 35.0 Å². The van der Waals surface area contributed by atoms with E-state index >= 15 is 0 Å². The highest BCUT2D eigenvalue weighted by molar-refractivity contribution is 6.20. The van der Waals surface area contributed by atoms with E-state index in [1.54, 1.807) is 21.0 Å². The first-order valence-corrected chi connectivity index (χ1v) is 22.4. The smallest absolute Gasteiger partial charge is 0.382 e. The van der Waals surface area contributed by atoms with Crippen molar-refractivity contribution >= 4 is 11.6 Å². The fourth-order valence-corrected chi connectivity index (χ4v) is 1.73. The molecule has 0 spiro atoms. The van der Waals surface area contributed by atoms with E-state index in [4.69, 9.17) is 35.8 Å². The lowest BCUT2D eigenvalue weighted by Crippen LogP contribution is -2.18. The van der Waals surface area contributed by atoms with E-state index in [0.29, 0.717) is 35.9 Å². The lowest BCUT2D eigenvalue weighted by molar-refractivity contribution is -0.338. The Morgan fingerprint density at radius 2 is 0.803 bits per heavy atom. The summed E-state index contributed by atoms with van der Waals surface area (Å²) < 4.78 is 82.9. The van der Waals surface area contributed by atoms with Gasteiger partial charge in [0.1, 0.15) is 0 Å². The number of nitriles is 1. The standard InChI is InChI=1S/C6H12O.2C5H12O.C4H7F3O.C4H8F2O.C4H7N.C4H10O.3C4H10.C3H7Cl.CH4/c1-5(2)7-6-3-4-6;2*1-4-6-5(2)3;1-3(2)8-4(5,6)7;1-3(2)7-4(5)6;1-4(2)3-5;1-4(2)5-3;3*1-4(2)3;1-3(2)4;/h5-6H,3-4H2,1-2H3;2*5H,4H2,1-3H3;3H,1-2H3;3-4H,1-2H3;4H,1-2H3;4H,1-3H3;3*4H,1-3H3;3H,1-2H3;1H4. The van der Waals surface area contributed by atoms with Crippen LogP contribution in [-0.4, -0.2) is 81.4 Å². The maximum atomic E-state index is 11.1. The Bertz CT molecular complexity index is 682. The number of rotatable bonds is 10. The molecule has 0 aromatic carbocycles. The molecule has 0 amide bonds. The van der Waals surface area contributed by atoms with Crippen molar-refractivity contribution in [2.45, 2.75) is 268 Å². The molecular formula is C48H109ClF5NO6. The lowest BCUT2D eigenvalue weighted by Gasteiger charge is -2.08. The third-order valence-electron chi connectivity index (χ3n) is 3.46. The topological polar surface area (TPSA) is 79.2 Å². The first-order valence-electron chi connectivity index (χ1n) is 22.0. The molecule has 0 radical (unpaired) electrons. The van der Waals surface area contributed by atoms with E-state index in [0.717, 1.165) is 31.0 Å². The van der Waals surface area contributed by atoms with Crippen LogP contribution in [0.15, 0.2) is 0 Å². The highest BCUT2D eigenvalue weighted by atomic mass is 35.5.